The van der Waals surface area contributed by atoms with Crippen LogP contribution < -0.4 is 4.90 Å². The maximum Gasteiger partial charge on any atom is 0.264 e. The fourth-order valence-corrected chi connectivity index (χ4v) is 1.65. The Kier molecular flexibility index (Phi) is 5.19. The van der Waals surface area contributed by atoms with E-state index in [0.717, 1.165) is 19.0 Å². The van der Waals surface area contributed by atoms with Crippen molar-refractivity contribution in [2.24, 2.45) is 0 Å². The molecule has 102 valence electrons. The monoisotopic (exact) mass is 261 g/mol. The van der Waals surface area contributed by atoms with Crippen molar-refractivity contribution in [1.82, 2.24) is 4.90 Å². The van der Waals surface area contributed by atoms with E-state index in [2.05, 4.69) is 4.90 Å². The molecule has 0 fully saturated rings. The molecule has 0 unspecified atom stereocenters. The zero-order valence-electron chi connectivity index (χ0n) is 11.8. The summed E-state index contributed by atoms with van der Waals surface area (Å²) in [6.45, 7) is 5.76. The van der Waals surface area contributed by atoms with Gasteiger partial charge in [0.25, 0.3) is 5.91 Å². The van der Waals surface area contributed by atoms with Gasteiger partial charge in [-0.3, -0.25) is 4.79 Å². The molecule has 0 N–H and O–H groups in total. The molecule has 0 saturated heterocycles. The van der Waals surface area contributed by atoms with Crippen LogP contribution in [0.5, 0.6) is 0 Å². The highest BCUT2D eigenvalue weighted by molar-refractivity contribution is 6.01. The molecular formula is C14H19N3O2. The van der Waals surface area contributed by atoms with Gasteiger partial charge in [-0.15, -0.1) is 0 Å². The summed E-state index contributed by atoms with van der Waals surface area (Å²) < 4.78 is 5.62. The van der Waals surface area contributed by atoms with Crippen LogP contribution in [0.3, 0.4) is 0 Å². The first-order valence-electron chi connectivity index (χ1n) is 6.21. The molecule has 0 aromatic carbocycles. The summed E-state index contributed by atoms with van der Waals surface area (Å²) in [6, 6.07) is 5.49. The average molecular weight is 261 g/mol. The van der Waals surface area contributed by atoms with Gasteiger partial charge in [0.05, 0.1) is 0 Å². The van der Waals surface area contributed by atoms with E-state index in [9.17, 15) is 4.79 Å². The highest BCUT2D eigenvalue weighted by atomic mass is 16.4. The molecule has 0 bridgehead atoms. The van der Waals surface area contributed by atoms with Crippen molar-refractivity contribution >= 4 is 17.9 Å². The fourth-order valence-electron chi connectivity index (χ4n) is 1.65. The molecular weight excluding hydrogens is 242 g/mol. The minimum atomic E-state index is -0.330. The van der Waals surface area contributed by atoms with Crippen molar-refractivity contribution in [3.63, 3.8) is 0 Å². The first-order chi connectivity index (χ1) is 9.03. The number of hydrogen-bond acceptors (Lipinski definition) is 4. The summed E-state index contributed by atoms with van der Waals surface area (Å²) >= 11 is 0. The Morgan fingerprint density at radius 3 is 2.47 bits per heavy atom. The second kappa shape index (κ2) is 6.64. The van der Waals surface area contributed by atoms with Gasteiger partial charge in [0.15, 0.2) is 5.88 Å². The molecule has 0 aliphatic carbocycles. The van der Waals surface area contributed by atoms with Crippen LogP contribution in [-0.2, 0) is 4.79 Å². The third kappa shape index (κ3) is 3.62. The fraction of sp³-hybridized carbons (Fsp3) is 0.429. The number of anilines is 1. The Bertz CT molecular complexity index is 505. The highest BCUT2D eigenvalue weighted by Crippen LogP contribution is 2.20. The summed E-state index contributed by atoms with van der Waals surface area (Å²) in [5, 5.41) is 9.00. The van der Waals surface area contributed by atoms with Gasteiger partial charge in [0.1, 0.15) is 17.4 Å². The first-order valence-corrected chi connectivity index (χ1v) is 6.21. The Morgan fingerprint density at radius 2 is 2.00 bits per heavy atom. The molecule has 1 aromatic heterocycles. The number of furan rings is 1. The SMILES string of the molecule is CCN(CC)c1ccc(/C=C(/C#N)C(=O)N(C)C)o1. The van der Waals surface area contributed by atoms with E-state index in [1.165, 1.54) is 11.0 Å². The van der Waals surface area contributed by atoms with E-state index in [1.807, 2.05) is 26.0 Å². The van der Waals surface area contributed by atoms with Crippen molar-refractivity contribution < 1.29 is 9.21 Å². The lowest BCUT2D eigenvalue weighted by atomic mass is 10.2. The van der Waals surface area contributed by atoms with E-state index in [1.54, 1.807) is 20.2 Å². The predicted molar refractivity (Wildman–Crippen MR) is 74.6 cm³/mol. The van der Waals surface area contributed by atoms with Gasteiger partial charge in [-0.05, 0) is 19.9 Å². The number of hydrogen-bond donors (Lipinski definition) is 0. The summed E-state index contributed by atoms with van der Waals surface area (Å²) in [5.74, 6) is 0.919. The van der Waals surface area contributed by atoms with Gasteiger partial charge in [0.2, 0.25) is 0 Å². The van der Waals surface area contributed by atoms with Gasteiger partial charge >= 0.3 is 0 Å². The Balaban J connectivity index is 2.99. The second-order valence-electron chi connectivity index (χ2n) is 4.22. The number of amides is 1. The van der Waals surface area contributed by atoms with Crippen LogP contribution in [0.4, 0.5) is 5.88 Å². The maximum absolute atomic E-state index is 11.7. The summed E-state index contributed by atoms with van der Waals surface area (Å²) in [7, 11) is 3.22. The molecule has 1 heterocycles. The third-order valence-corrected chi connectivity index (χ3v) is 2.73. The Morgan fingerprint density at radius 1 is 1.37 bits per heavy atom. The van der Waals surface area contributed by atoms with Gasteiger partial charge in [-0.1, -0.05) is 0 Å². The van der Waals surface area contributed by atoms with Crippen LogP contribution in [-0.4, -0.2) is 38.0 Å². The zero-order valence-corrected chi connectivity index (χ0v) is 11.8. The number of nitriles is 1. The lowest BCUT2D eigenvalue weighted by Gasteiger charge is -2.16. The average Bonchev–Trinajstić information content (AvgIpc) is 2.85. The first kappa shape index (κ1) is 14.8. The molecule has 1 aromatic rings. The quantitative estimate of drug-likeness (QED) is 0.601. The van der Waals surface area contributed by atoms with E-state index >= 15 is 0 Å². The largest absolute Gasteiger partial charge is 0.441 e. The molecule has 1 amide bonds. The summed E-state index contributed by atoms with van der Waals surface area (Å²) in [5.41, 5.74) is 0.0606. The summed E-state index contributed by atoms with van der Waals surface area (Å²) in [4.78, 5) is 15.1. The van der Waals surface area contributed by atoms with E-state index < -0.39 is 0 Å². The summed E-state index contributed by atoms with van der Waals surface area (Å²) in [6.07, 6.45) is 1.47. The maximum atomic E-state index is 11.7. The van der Waals surface area contributed by atoms with E-state index in [0.29, 0.717) is 5.76 Å². The smallest absolute Gasteiger partial charge is 0.264 e. The zero-order chi connectivity index (χ0) is 14.4. The predicted octanol–water partition coefficient (Wildman–Crippen LogP) is 2.12. The lowest BCUT2D eigenvalue weighted by Crippen LogP contribution is -2.22. The normalized spacial score (nSPS) is 11.0. The lowest BCUT2D eigenvalue weighted by molar-refractivity contribution is -0.124. The highest BCUT2D eigenvalue weighted by Gasteiger charge is 2.13. The van der Waals surface area contributed by atoms with E-state index in [-0.39, 0.29) is 11.5 Å². The number of carbonyl (C=O) groups excluding carboxylic acids is 1. The molecule has 0 atom stereocenters. The molecule has 0 radical (unpaired) electrons. The van der Waals surface area contributed by atoms with Gasteiger partial charge < -0.3 is 14.2 Å². The van der Waals surface area contributed by atoms with Crippen LogP contribution in [0, 0.1) is 11.3 Å². The third-order valence-electron chi connectivity index (χ3n) is 2.73. The number of nitrogens with zero attached hydrogens (tertiary/aromatic N) is 3. The van der Waals surface area contributed by atoms with Crippen molar-refractivity contribution in [3.8, 4) is 6.07 Å². The Hall–Kier alpha value is -2.22. The van der Waals surface area contributed by atoms with Crippen molar-refractivity contribution in [2.45, 2.75) is 13.8 Å². The molecule has 5 nitrogen and oxygen atoms in total. The van der Waals surface area contributed by atoms with Crippen LogP contribution in [0.1, 0.15) is 19.6 Å². The molecule has 0 aliphatic heterocycles. The van der Waals surface area contributed by atoms with Gasteiger partial charge in [-0.25, -0.2) is 0 Å². The second-order valence-corrected chi connectivity index (χ2v) is 4.22. The van der Waals surface area contributed by atoms with Crippen LogP contribution >= 0.6 is 0 Å². The number of rotatable bonds is 5. The molecule has 0 aliphatic rings. The van der Waals surface area contributed by atoms with E-state index in [4.69, 9.17) is 9.68 Å². The van der Waals surface area contributed by atoms with Gasteiger partial charge in [0, 0.05) is 39.3 Å². The molecule has 0 spiro atoms. The molecule has 5 heteroatoms. The Labute approximate surface area is 113 Å². The van der Waals surface area contributed by atoms with Crippen molar-refractivity contribution in [2.75, 3.05) is 32.1 Å². The topological polar surface area (TPSA) is 60.5 Å². The molecule has 0 saturated carbocycles. The van der Waals surface area contributed by atoms with Crippen LogP contribution in [0.2, 0.25) is 0 Å². The minimum Gasteiger partial charge on any atom is -0.441 e. The van der Waals surface area contributed by atoms with Crippen LogP contribution in [0.25, 0.3) is 6.08 Å². The number of carbonyl (C=O) groups is 1. The standard InChI is InChI=1S/C14H19N3O2/c1-5-17(6-2)13-8-7-12(19-13)9-11(10-15)14(18)16(3)4/h7-9H,5-6H2,1-4H3/b11-9-. The molecule has 19 heavy (non-hydrogen) atoms. The number of likely N-dealkylation sites (N-methyl/N-ethyl adjacent to an activating group) is 1. The van der Waals surface area contributed by atoms with Crippen LogP contribution in [0.15, 0.2) is 22.1 Å². The minimum absolute atomic E-state index is 0.0606. The molecule has 1 rings (SSSR count). The van der Waals surface area contributed by atoms with Gasteiger partial charge in [-0.2, -0.15) is 5.26 Å². The van der Waals surface area contributed by atoms with Crippen molar-refractivity contribution in [1.29, 1.82) is 5.26 Å². The van der Waals surface area contributed by atoms with Crippen molar-refractivity contribution in [3.05, 3.63) is 23.5 Å².